The van der Waals surface area contributed by atoms with E-state index < -0.39 is 12.0 Å². The van der Waals surface area contributed by atoms with Crippen molar-refractivity contribution >= 4 is 22.9 Å². The molecule has 4 bridgehead atoms. The third kappa shape index (κ3) is 3.70. The van der Waals surface area contributed by atoms with E-state index in [1.165, 1.54) is 0 Å². The molecule has 0 spiro atoms. The molecule has 4 aliphatic rings. The minimum atomic E-state index is -4.68. The Balaban J connectivity index is 1.38. The molecule has 4 saturated heterocycles. The van der Waals surface area contributed by atoms with Gasteiger partial charge >= 0.3 is 6.18 Å². The zero-order valence-electron chi connectivity index (χ0n) is 18.9. The van der Waals surface area contributed by atoms with E-state index in [-0.39, 0.29) is 35.9 Å². The standard InChI is InChI=1S/C23H24F3N7O2/c24-23(25,26)19-27-17-3-1-2-4-18(17)33(19)22-29-20(31-9-13-5-6-14(10-31)34-13)28-21(30-22)32-11-15-7-8-16(12-32)35-15/h1-4,13-16H,5-12H2. The molecule has 2 aromatic heterocycles. The Morgan fingerprint density at radius 2 is 1.17 bits per heavy atom. The second-order valence-electron chi connectivity index (χ2n) is 9.72. The number of aromatic nitrogens is 5. The van der Waals surface area contributed by atoms with Crippen LogP contribution in [-0.4, -0.2) is 75.1 Å². The lowest BCUT2D eigenvalue weighted by Crippen LogP contribution is -2.45. The second kappa shape index (κ2) is 7.76. The Morgan fingerprint density at radius 1 is 0.686 bits per heavy atom. The SMILES string of the molecule is FC(F)(F)c1nc2ccccc2n1-c1nc(N2CC3CCC(C2)O3)nc(N2CC3CCC(C2)O3)n1. The Bertz CT molecular complexity index is 1210. The number of hydrogen-bond acceptors (Lipinski definition) is 8. The lowest BCUT2D eigenvalue weighted by atomic mass is 10.2. The summed E-state index contributed by atoms with van der Waals surface area (Å²) in [5, 5.41) is 0. The van der Waals surface area contributed by atoms with E-state index in [4.69, 9.17) is 14.5 Å². The normalized spacial score (nSPS) is 28.3. The number of para-hydroxylation sites is 2. The lowest BCUT2D eigenvalue weighted by Gasteiger charge is -2.34. The van der Waals surface area contributed by atoms with Gasteiger partial charge in [-0.3, -0.25) is 4.57 Å². The first-order valence-corrected chi connectivity index (χ1v) is 12.0. The van der Waals surface area contributed by atoms with Crippen molar-refractivity contribution in [1.82, 2.24) is 24.5 Å². The number of imidazole rings is 1. The molecule has 4 aliphatic heterocycles. The van der Waals surface area contributed by atoms with Crippen molar-refractivity contribution in [3.05, 3.63) is 30.1 Å². The van der Waals surface area contributed by atoms with Crippen molar-refractivity contribution in [2.24, 2.45) is 0 Å². The molecule has 1 aromatic carbocycles. The van der Waals surface area contributed by atoms with Crippen LogP contribution < -0.4 is 9.80 Å². The van der Waals surface area contributed by atoms with Gasteiger partial charge in [0.2, 0.25) is 23.7 Å². The highest BCUT2D eigenvalue weighted by Crippen LogP contribution is 2.35. The largest absolute Gasteiger partial charge is 0.450 e. The first-order chi connectivity index (χ1) is 16.9. The Kier molecular flexibility index (Phi) is 4.72. The molecule has 184 valence electrons. The number of anilines is 2. The van der Waals surface area contributed by atoms with E-state index in [0.29, 0.717) is 43.6 Å². The lowest BCUT2D eigenvalue weighted by molar-refractivity contribution is -0.145. The summed E-state index contributed by atoms with van der Waals surface area (Å²) in [6.07, 6.45) is -0.512. The first-order valence-electron chi connectivity index (χ1n) is 12.0. The van der Waals surface area contributed by atoms with Gasteiger partial charge in [-0.1, -0.05) is 12.1 Å². The number of benzene rings is 1. The average molecular weight is 487 g/mol. The predicted molar refractivity (Wildman–Crippen MR) is 120 cm³/mol. The van der Waals surface area contributed by atoms with E-state index in [9.17, 15) is 13.2 Å². The average Bonchev–Trinajstić information content (AvgIpc) is 3.52. The van der Waals surface area contributed by atoms with Crippen molar-refractivity contribution in [3.63, 3.8) is 0 Å². The summed E-state index contributed by atoms with van der Waals surface area (Å²) in [6.45, 7) is 2.41. The fourth-order valence-electron chi connectivity index (χ4n) is 5.70. The molecule has 4 unspecified atom stereocenters. The van der Waals surface area contributed by atoms with E-state index in [0.717, 1.165) is 30.3 Å². The highest BCUT2D eigenvalue weighted by Gasteiger charge is 2.41. The highest BCUT2D eigenvalue weighted by atomic mass is 19.4. The summed E-state index contributed by atoms with van der Waals surface area (Å²) < 4.78 is 55.2. The number of nitrogens with zero attached hydrogens (tertiary/aromatic N) is 7. The Morgan fingerprint density at radius 3 is 1.69 bits per heavy atom. The van der Waals surface area contributed by atoms with Gasteiger partial charge < -0.3 is 19.3 Å². The Hall–Kier alpha value is -2.99. The second-order valence-corrected chi connectivity index (χ2v) is 9.72. The van der Waals surface area contributed by atoms with Crippen LogP contribution in [0, 0.1) is 0 Å². The monoisotopic (exact) mass is 487 g/mol. The summed E-state index contributed by atoms with van der Waals surface area (Å²) >= 11 is 0. The third-order valence-electron chi connectivity index (χ3n) is 7.27. The molecule has 35 heavy (non-hydrogen) atoms. The molecular formula is C23H24F3N7O2. The van der Waals surface area contributed by atoms with Crippen LogP contribution in [0.4, 0.5) is 25.1 Å². The van der Waals surface area contributed by atoms with E-state index in [1.54, 1.807) is 24.3 Å². The zero-order chi connectivity index (χ0) is 23.7. The van der Waals surface area contributed by atoms with Gasteiger partial charge in [0.05, 0.1) is 35.4 Å². The van der Waals surface area contributed by atoms with Crippen LogP contribution in [0.2, 0.25) is 0 Å². The summed E-state index contributed by atoms with van der Waals surface area (Å²) in [6, 6.07) is 6.51. The number of hydrogen-bond donors (Lipinski definition) is 0. The van der Waals surface area contributed by atoms with Crippen molar-refractivity contribution in [2.45, 2.75) is 56.3 Å². The van der Waals surface area contributed by atoms with Crippen molar-refractivity contribution in [2.75, 3.05) is 36.0 Å². The quantitative estimate of drug-likeness (QED) is 0.558. The maximum absolute atomic E-state index is 14.1. The molecule has 0 N–H and O–H groups in total. The van der Waals surface area contributed by atoms with Crippen molar-refractivity contribution < 1.29 is 22.6 Å². The van der Waals surface area contributed by atoms with Gasteiger partial charge in [0.25, 0.3) is 0 Å². The molecule has 6 heterocycles. The van der Waals surface area contributed by atoms with Gasteiger partial charge in [0.1, 0.15) is 0 Å². The molecule has 4 atom stereocenters. The third-order valence-corrected chi connectivity index (χ3v) is 7.27. The summed E-state index contributed by atoms with van der Waals surface area (Å²) in [5.74, 6) is -0.389. The number of morpholine rings is 2. The molecule has 4 fully saturated rings. The van der Waals surface area contributed by atoms with Crippen LogP contribution in [0.1, 0.15) is 31.5 Å². The molecule has 3 aromatic rings. The fourth-order valence-corrected chi connectivity index (χ4v) is 5.70. The molecule has 0 aliphatic carbocycles. The van der Waals surface area contributed by atoms with Crippen molar-refractivity contribution in [3.8, 4) is 5.95 Å². The zero-order valence-corrected chi connectivity index (χ0v) is 18.9. The first kappa shape index (κ1) is 21.3. The number of halogens is 3. The minimum Gasteiger partial charge on any atom is -0.371 e. The summed E-state index contributed by atoms with van der Waals surface area (Å²) in [4.78, 5) is 21.8. The van der Waals surface area contributed by atoms with E-state index >= 15 is 0 Å². The van der Waals surface area contributed by atoms with Crippen LogP contribution >= 0.6 is 0 Å². The summed E-state index contributed by atoms with van der Waals surface area (Å²) in [5.41, 5.74) is 0.532. The number of rotatable bonds is 3. The molecule has 0 radical (unpaired) electrons. The van der Waals surface area contributed by atoms with Crippen LogP contribution in [0.5, 0.6) is 0 Å². The van der Waals surface area contributed by atoms with Gasteiger partial charge in [-0.2, -0.15) is 28.1 Å². The van der Waals surface area contributed by atoms with E-state index in [2.05, 4.69) is 15.0 Å². The number of alkyl halides is 3. The molecule has 9 nitrogen and oxygen atoms in total. The number of ether oxygens (including phenoxy) is 2. The maximum Gasteiger partial charge on any atom is 0.450 e. The fraction of sp³-hybridized carbons (Fsp3) is 0.565. The van der Waals surface area contributed by atoms with Crippen LogP contribution in [-0.2, 0) is 15.7 Å². The van der Waals surface area contributed by atoms with Crippen molar-refractivity contribution in [1.29, 1.82) is 0 Å². The molecule has 0 saturated carbocycles. The van der Waals surface area contributed by atoms with Gasteiger partial charge in [-0.25, -0.2) is 4.98 Å². The van der Waals surface area contributed by atoms with Crippen LogP contribution in [0.15, 0.2) is 24.3 Å². The number of fused-ring (bicyclic) bond motifs is 5. The maximum atomic E-state index is 14.1. The predicted octanol–water partition coefficient (Wildman–Crippen LogP) is 2.96. The van der Waals surface area contributed by atoms with Gasteiger partial charge in [-0.15, -0.1) is 0 Å². The Labute approximate surface area is 198 Å². The van der Waals surface area contributed by atoms with Gasteiger partial charge in [0, 0.05) is 26.2 Å². The van der Waals surface area contributed by atoms with Gasteiger partial charge in [0.15, 0.2) is 0 Å². The topological polar surface area (TPSA) is 81.4 Å². The van der Waals surface area contributed by atoms with Crippen LogP contribution in [0.25, 0.3) is 17.0 Å². The minimum absolute atomic E-state index is 0.0799. The summed E-state index contributed by atoms with van der Waals surface area (Å²) in [7, 11) is 0. The van der Waals surface area contributed by atoms with Crippen LogP contribution in [0.3, 0.4) is 0 Å². The smallest absolute Gasteiger partial charge is 0.371 e. The molecule has 7 rings (SSSR count). The van der Waals surface area contributed by atoms with E-state index in [1.807, 2.05) is 9.80 Å². The molecule has 12 heteroatoms. The van der Waals surface area contributed by atoms with Gasteiger partial charge in [-0.05, 0) is 37.8 Å². The molecular weight excluding hydrogens is 463 g/mol. The highest BCUT2D eigenvalue weighted by molar-refractivity contribution is 5.77. The molecule has 0 amide bonds.